The van der Waals surface area contributed by atoms with E-state index in [2.05, 4.69) is 0 Å². The lowest BCUT2D eigenvalue weighted by Gasteiger charge is -2.50. The smallest absolute Gasteiger partial charge is 0.246 e. The van der Waals surface area contributed by atoms with Crippen LogP contribution in [-0.4, -0.2) is 35.8 Å². The third-order valence-corrected chi connectivity index (χ3v) is 11.8. The molecule has 10 heteroatoms. The van der Waals surface area contributed by atoms with Crippen LogP contribution in [0.25, 0.3) is 0 Å². The van der Waals surface area contributed by atoms with Crippen molar-refractivity contribution in [2.45, 2.75) is 31.1 Å². The van der Waals surface area contributed by atoms with E-state index in [1.165, 1.54) is 23.0 Å². The Kier molecular flexibility index (Phi) is 7.66. The van der Waals surface area contributed by atoms with Gasteiger partial charge < -0.3 is 9.84 Å². The standard InChI is InChI=1S/C40H32Cl2N2O6/c1-21-11-13-26(19-31(21)42)43-36(46)28-15-14-27-29(34(28)38(43)48)20-30-37(47)44(25-10-6-9-24(41)18-25)39(49)40(30,23-7-4-3-5-8-23)35(27)22-12-16-32(45)33(17-22)50-2/h3-14,16-19,28-30,34-35,45H,15,20H2,1-2H3. The van der Waals surface area contributed by atoms with Crippen LogP contribution < -0.4 is 14.5 Å². The molecule has 8 rings (SSSR count). The van der Waals surface area contributed by atoms with E-state index in [4.69, 9.17) is 27.9 Å². The van der Waals surface area contributed by atoms with Crippen LogP contribution in [0.5, 0.6) is 11.5 Å². The largest absolute Gasteiger partial charge is 0.504 e. The number of halogens is 2. The molecule has 1 saturated carbocycles. The summed E-state index contributed by atoms with van der Waals surface area (Å²) in [6, 6.07) is 26.0. The number of allylic oxidation sites excluding steroid dienone is 2. The van der Waals surface area contributed by atoms with Gasteiger partial charge in [-0.05, 0) is 84.8 Å². The third-order valence-electron chi connectivity index (χ3n) is 11.1. The Labute approximate surface area is 298 Å². The first-order chi connectivity index (χ1) is 24.1. The second-order valence-electron chi connectivity index (χ2n) is 13.5. The minimum Gasteiger partial charge on any atom is -0.504 e. The van der Waals surface area contributed by atoms with Gasteiger partial charge in [-0.25, -0.2) is 9.80 Å². The maximum absolute atomic E-state index is 15.3. The van der Waals surface area contributed by atoms with E-state index >= 15 is 4.79 Å². The second-order valence-corrected chi connectivity index (χ2v) is 14.3. The zero-order valence-corrected chi connectivity index (χ0v) is 28.7. The van der Waals surface area contributed by atoms with Gasteiger partial charge in [0.15, 0.2) is 11.5 Å². The Morgan fingerprint density at radius 3 is 2.28 bits per heavy atom. The highest BCUT2D eigenvalue weighted by Gasteiger charge is 2.70. The zero-order chi connectivity index (χ0) is 35.1. The Balaban J connectivity index is 1.35. The summed E-state index contributed by atoms with van der Waals surface area (Å²) >= 11 is 12.8. The molecule has 6 atom stereocenters. The lowest BCUT2D eigenvalue weighted by Crippen LogP contribution is -2.53. The molecule has 0 aromatic heterocycles. The van der Waals surface area contributed by atoms with Crippen molar-refractivity contribution in [1.82, 2.24) is 0 Å². The van der Waals surface area contributed by atoms with Crippen LogP contribution in [0.15, 0.2) is 103 Å². The number of carbonyl (C=O) groups excluding carboxylic acids is 4. The van der Waals surface area contributed by atoms with Crippen molar-refractivity contribution in [3.63, 3.8) is 0 Å². The van der Waals surface area contributed by atoms with Crippen LogP contribution in [0, 0.1) is 30.6 Å². The number of aryl methyl sites for hydroxylation is 1. The van der Waals surface area contributed by atoms with Crippen molar-refractivity contribution in [2.24, 2.45) is 23.7 Å². The van der Waals surface area contributed by atoms with Gasteiger partial charge in [0.1, 0.15) is 0 Å². The number of carbonyl (C=O) groups is 4. The van der Waals surface area contributed by atoms with Gasteiger partial charge in [-0.15, -0.1) is 0 Å². The number of phenolic OH excluding ortho intramolecular Hbond substituents is 1. The average molecular weight is 708 g/mol. The van der Waals surface area contributed by atoms with Crippen LogP contribution in [0.4, 0.5) is 11.4 Å². The predicted molar refractivity (Wildman–Crippen MR) is 189 cm³/mol. The maximum atomic E-state index is 15.3. The van der Waals surface area contributed by atoms with Crippen LogP contribution in [0.3, 0.4) is 0 Å². The highest BCUT2D eigenvalue weighted by atomic mass is 35.5. The molecule has 4 aromatic rings. The first-order valence-electron chi connectivity index (χ1n) is 16.5. The number of ether oxygens (including phenoxy) is 1. The van der Waals surface area contributed by atoms with Crippen LogP contribution in [-0.2, 0) is 24.6 Å². The normalized spacial score (nSPS) is 27.2. The summed E-state index contributed by atoms with van der Waals surface area (Å²) in [5.41, 5.74) is 2.23. The first kappa shape index (κ1) is 32.3. The fraction of sp³-hybridized carbons (Fsp3) is 0.250. The van der Waals surface area contributed by atoms with Crippen molar-refractivity contribution in [2.75, 3.05) is 16.9 Å². The lowest BCUT2D eigenvalue weighted by molar-refractivity contribution is -0.127. The number of phenols is 1. The van der Waals surface area contributed by atoms with Gasteiger partial charge in [-0.1, -0.05) is 83.4 Å². The van der Waals surface area contributed by atoms with E-state index in [1.807, 2.05) is 43.3 Å². The molecule has 0 radical (unpaired) electrons. The predicted octanol–water partition coefficient (Wildman–Crippen LogP) is 7.38. The lowest BCUT2D eigenvalue weighted by atomic mass is 9.49. The molecule has 50 heavy (non-hydrogen) atoms. The van der Waals surface area contributed by atoms with Gasteiger partial charge in [0, 0.05) is 16.0 Å². The summed E-state index contributed by atoms with van der Waals surface area (Å²) in [7, 11) is 1.45. The number of anilines is 2. The number of nitrogens with zero attached hydrogens (tertiary/aromatic N) is 2. The summed E-state index contributed by atoms with van der Waals surface area (Å²) in [5.74, 6) is -4.97. The molecule has 1 N–H and O–H groups in total. The van der Waals surface area contributed by atoms with Gasteiger partial charge in [0.2, 0.25) is 23.6 Å². The van der Waals surface area contributed by atoms with Gasteiger partial charge in [0.25, 0.3) is 0 Å². The van der Waals surface area contributed by atoms with Gasteiger partial charge in [0.05, 0.1) is 41.7 Å². The molecule has 2 aliphatic carbocycles. The second kappa shape index (κ2) is 11.9. The van der Waals surface area contributed by atoms with Crippen LogP contribution >= 0.6 is 23.2 Å². The fourth-order valence-electron chi connectivity index (χ4n) is 8.97. The van der Waals surface area contributed by atoms with Crippen molar-refractivity contribution in [1.29, 1.82) is 0 Å². The first-order valence-corrected chi connectivity index (χ1v) is 17.2. The Hall–Kier alpha value is -4.92. The molecule has 8 nitrogen and oxygen atoms in total. The molecule has 2 heterocycles. The molecule has 4 aliphatic rings. The highest BCUT2D eigenvalue weighted by molar-refractivity contribution is 6.33. The van der Waals surface area contributed by atoms with E-state index in [0.29, 0.717) is 32.5 Å². The number of hydrogen-bond acceptors (Lipinski definition) is 6. The number of amides is 4. The molecule has 0 spiro atoms. The van der Waals surface area contributed by atoms with Crippen molar-refractivity contribution >= 4 is 58.2 Å². The number of imide groups is 2. The van der Waals surface area contributed by atoms with Crippen molar-refractivity contribution < 1.29 is 29.0 Å². The van der Waals surface area contributed by atoms with Crippen LogP contribution in [0.2, 0.25) is 10.0 Å². The molecule has 252 valence electrons. The molecule has 4 amide bonds. The number of hydrogen-bond donors (Lipinski definition) is 1. The molecule has 2 aliphatic heterocycles. The zero-order valence-electron chi connectivity index (χ0n) is 27.2. The van der Waals surface area contributed by atoms with Crippen molar-refractivity contribution in [3.8, 4) is 11.5 Å². The number of rotatable bonds is 5. The third kappa shape index (κ3) is 4.51. The summed E-state index contributed by atoms with van der Waals surface area (Å²) in [6.45, 7) is 1.85. The Morgan fingerprint density at radius 1 is 0.800 bits per heavy atom. The highest BCUT2D eigenvalue weighted by Crippen LogP contribution is 2.65. The molecule has 6 unspecified atom stereocenters. The quantitative estimate of drug-likeness (QED) is 0.172. The maximum Gasteiger partial charge on any atom is 0.246 e. The summed E-state index contributed by atoms with van der Waals surface area (Å²) in [4.78, 5) is 61.2. The molecule has 2 saturated heterocycles. The monoisotopic (exact) mass is 706 g/mol. The molecule has 0 bridgehead atoms. The number of methoxy groups -OCH3 is 1. The summed E-state index contributed by atoms with van der Waals surface area (Å²) in [5, 5.41) is 11.4. The Bertz CT molecular complexity index is 2150. The van der Waals surface area contributed by atoms with E-state index < -0.39 is 46.8 Å². The molecular formula is C40H32Cl2N2O6. The summed E-state index contributed by atoms with van der Waals surface area (Å²) in [6.07, 6.45) is 2.43. The van der Waals surface area contributed by atoms with E-state index in [-0.39, 0.29) is 36.2 Å². The van der Waals surface area contributed by atoms with Crippen molar-refractivity contribution in [3.05, 3.63) is 129 Å². The minimum atomic E-state index is -1.44. The van der Waals surface area contributed by atoms with E-state index in [1.54, 1.807) is 54.6 Å². The Morgan fingerprint density at radius 2 is 1.56 bits per heavy atom. The van der Waals surface area contributed by atoms with Gasteiger partial charge in [-0.3, -0.25) is 19.2 Å². The van der Waals surface area contributed by atoms with E-state index in [9.17, 15) is 19.5 Å². The molecular weight excluding hydrogens is 675 g/mol. The number of aromatic hydroxyl groups is 1. The SMILES string of the molecule is COc1cc(C2C3=CCC4C(=O)N(c5ccc(C)c(Cl)c5)C(=O)C4C3CC3C(=O)N(c4cccc(Cl)c4)C(=O)C32c2ccccc2)ccc1O. The van der Waals surface area contributed by atoms with Crippen LogP contribution in [0.1, 0.15) is 35.4 Å². The van der Waals surface area contributed by atoms with E-state index in [0.717, 1.165) is 11.1 Å². The fourth-order valence-corrected chi connectivity index (χ4v) is 9.33. The summed E-state index contributed by atoms with van der Waals surface area (Å²) < 4.78 is 5.53. The topological polar surface area (TPSA) is 104 Å². The van der Waals surface area contributed by atoms with Gasteiger partial charge in [-0.2, -0.15) is 0 Å². The van der Waals surface area contributed by atoms with Gasteiger partial charge >= 0.3 is 0 Å². The average Bonchev–Trinajstić information content (AvgIpc) is 3.51. The number of fused-ring (bicyclic) bond motifs is 4. The molecule has 3 fully saturated rings. The number of benzene rings is 4. The molecule has 4 aromatic carbocycles. The minimum absolute atomic E-state index is 0.0787.